The third-order valence-electron chi connectivity index (χ3n) is 4.25. The average Bonchev–Trinajstić information content (AvgIpc) is 3.30. The molecule has 1 aliphatic heterocycles. The van der Waals surface area contributed by atoms with Crippen molar-refractivity contribution in [1.82, 2.24) is 9.78 Å². The normalized spacial score (nSPS) is 12.7. The van der Waals surface area contributed by atoms with Crippen molar-refractivity contribution in [2.24, 2.45) is 0 Å². The summed E-state index contributed by atoms with van der Waals surface area (Å²) in [4.78, 5) is 11.1. The topological polar surface area (TPSA) is 70.2 Å². The maximum absolute atomic E-state index is 12.6. The molecule has 3 aromatic rings. The monoisotopic (exact) mass is 371 g/mol. The van der Waals surface area contributed by atoms with Crippen LogP contribution in [-0.4, -0.2) is 21.3 Å². The van der Waals surface area contributed by atoms with Gasteiger partial charge in [0.2, 0.25) is 0 Å². The number of ether oxygens (including phenoxy) is 1. The Morgan fingerprint density at radius 1 is 1.35 bits per heavy atom. The van der Waals surface area contributed by atoms with Crippen molar-refractivity contribution >= 4 is 17.8 Å². The van der Waals surface area contributed by atoms with Crippen LogP contribution < -0.4 is 4.74 Å². The van der Waals surface area contributed by atoms with E-state index in [0.29, 0.717) is 18.0 Å². The van der Waals surface area contributed by atoms with Gasteiger partial charge in [0.15, 0.2) is 0 Å². The molecule has 26 heavy (non-hydrogen) atoms. The highest BCUT2D eigenvalue weighted by molar-refractivity contribution is 7.94. The molecule has 0 unspecified atom stereocenters. The highest BCUT2D eigenvalue weighted by atomic mass is 32.2. The van der Waals surface area contributed by atoms with E-state index >= 15 is 0 Å². The molecule has 2 heterocycles. The minimum absolute atomic E-state index is 0.0383. The molecule has 0 amide bonds. The van der Waals surface area contributed by atoms with Crippen LogP contribution in [0.25, 0.3) is 11.1 Å². The zero-order valence-electron chi connectivity index (χ0n) is 13.6. The number of nitro groups is 1. The predicted octanol–water partition coefficient (Wildman–Crippen LogP) is 4.42. The van der Waals surface area contributed by atoms with Crippen molar-refractivity contribution in [1.29, 1.82) is 0 Å². The number of hydrogen-bond donors (Lipinski definition) is 0. The van der Waals surface area contributed by atoms with E-state index in [4.69, 9.17) is 4.74 Å². The first-order valence-corrected chi connectivity index (χ1v) is 8.70. The van der Waals surface area contributed by atoms with Crippen LogP contribution in [0.2, 0.25) is 0 Å². The van der Waals surface area contributed by atoms with Gasteiger partial charge in [-0.25, -0.2) is 0 Å². The number of aromatic nitrogens is 2. The van der Waals surface area contributed by atoms with Gasteiger partial charge in [-0.15, -0.1) is 0 Å². The first-order valence-electron chi connectivity index (χ1n) is 7.98. The molecule has 2 aromatic carbocycles. The Hall–Kier alpha value is -2.87. The molecule has 0 N–H and O–H groups in total. The van der Waals surface area contributed by atoms with Crippen molar-refractivity contribution in [3.63, 3.8) is 0 Å². The van der Waals surface area contributed by atoms with Gasteiger partial charge in [-0.3, -0.25) is 14.8 Å². The quantitative estimate of drug-likeness (QED) is 0.490. The molecule has 0 spiro atoms. The number of benzene rings is 2. The van der Waals surface area contributed by atoms with Crippen molar-refractivity contribution in [3.05, 3.63) is 70.0 Å². The minimum atomic E-state index is -0.408. The number of hydrogen-bond acceptors (Lipinski definition) is 5. The second-order valence-corrected chi connectivity index (χ2v) is 6.61. The van der Waals surface area contributed by atoms with Gasteiger partial charge in [-0.2, -0.15) is 8.98 Å². The van der Waals surface area contributed by atoms with Crippen LogP contribution in [0.3, 0.4) is 0 Å². The maximum atomic E-state index is 12.6. The molecule has 0 fully saturated rings. The summed E-state index contributed by atoms with van der Waals surface area (Å²) < 4.78 is 20.1. The largest absolute Gasteiger partial charge is 0.492 e. The first kappa shape index (κ1) is 16.6. The lowest BCUT2D eigenvalue weighted by atomic mass is 9.97. The lowest BCUT2D eigenvalue weighted by Gasteiger charge is -2.12. The van der Waals surface area contributed by atoms with Gasteiger partial charge in [0.25, 0.3) is 5.69 Å². The lowest BCUT2D eigenvalue weighted by Crippen LogP contribution is -2.01. The molecule has 132 valence electrons. The van der Waals surface area contributed by atoms with E-state index in [1.807, 2.05) is 18.2 Å². The first-order chi connectivity index (χ1) is 12.6. The summed E-state index contributed by atoms with van der Waals surface area (Å²) >= 11 is 0.157. The van der Waals surface area contributed by atoms with Gasteiger partial charge in [-0.05, 0) is 22.8 Å². The fourth-order valence-corrected chi connectivity index (χ4v) is 3.37. The van der Waals surface area contributed by atoms with E-state index in [2.05, 4.69) is 5.10 Å². The summed E-state index contributed by atoms with van der Waals surface area (Å²) in [5.74, 6) is 0.773. The van der Waals surface area contributed by atoms with Gasteiger partial charge in [0, 0.05) is 30.3 Å². The maximum Gasteiger partial charge on any atom is 0.270 e. The summed E-state index contributed by atoms with van der Waals surface area (Å²) in [5.41, 5.74) is 3.65. The van der Waals surface area contributed by atoms with Gasteiger partial charge in [0.05, 0.1) is 41.3 Å². The van der Waals surface area contributed by atoms with E-state index < -0.39 is 4.92 Å². The second kappa shape index (κ2) is 6.80. The Labute approximate surface area is 153 Å². The fraction of sp³-hybridized carbons (Fsp3) is 0.167. The molecule has 0 bridgehead atoms. The zero-order chi connectivity index (χ0) is 18.1. The van der Waals surface area contributed by atoms with Crippen LogP contribution in [0, 0.1) is 10.1 Å². The molecule has 6 nitrogen and oxygen atoms in total. The number of nitrogens with zero attached hydrogens (tertiary/aromatic N) is 3. The zero-order valence-corrected chi connectivity index (χ0v) is 14.4. The van der Waals surface area contributed by atoms with E-state index in [1.54, 1.807) is 23.0 Å². The predicted molar refractivity (Wildman–Crippen MR) is 96.0 cm³/mol. The van der Waals surface area contributed by atoms with E-state index in [9.17, 15) is 14.0 Å². The highest BCUT2D eigenvalue weighted by Gasteiger charge is 2.20. The molecule has 0 saturated heterocycles. The molecule has 0 radical (unpaired) electrons. The van der Waals surface area contributed by atoms with E-state index in [0.717, 1.165) is 34.4 Å². The van der Waals surface area contributed by atoms with E-state index in [1.165, 1.54) is 12.3 Å². The van der Waals surface area contributed by atoms with Gasteiger partial charge >= 0.3 is 0 Å². The standard InChI is InChI=1S/C18H14FN3O3S/c19-26-16-9-20-21(11-16)10-12-6-14-4-5-25-18(14)17(7-12)13-2-1-3-15(8-13)22(23)24/h1-3,6-9,11H,4-5,10H2. The summed E-state index contributed by atoms with van der Waals surface area (Å²) in [6, 6.07) is 10.5. The minimum Gasteiger partial charge on any atom is -0.492 e. The van der Waals surface area contributed by atoms with Crippen LogP contribution in [0.1, 0.15) is 11.1 Å². The molecule has 1 aliphatic rings. The summed E-state index contributed by atoms with van der Waals surface area (Å²) in [5, 5.41) is 15.2. The van der Waals surface area contributed by atoms with Crippen molar-refractivity contribution < 1.29 is 13.5 Å². The van der Waals surface area contributed by atoms with Crippen molar-refractivity contribution in [3.8, 4) is 16.9 Å². The number of nitro benzene ring substituents is 1. The SMILES string of the molecule is O=[N+]([O-])c1cccc(-c2cc(Cn3cc(SF)cn3)cc3c2OCC3)c1. The van der Waals surface area contributed by atoms with Gasteiger partial charge < -0.3 is 4.74 Å². The Kier molecular flexibility index (Phi) is 4.34. The fourth-order valence-electron chi connectivity index (χ4n) is 3.12. The van der Waals surface area contributed by atoms with Crippen LogP contribution in [-0.2, 0) is 13.0 Å². The third kappa shape index (κ3) is 3.15. The summed E-state index contributed by atoms with van der Waals surface area (Å²) in [7, 11) is 0. The molecule has 0 aliphatic carbocycles. The Balaban J connectivity index is 1.75. The average molecular weight is 371 g/mol. The Bertz CT molecular complexity index is 990. The second-order valence-electron chi connectivity index (χ2n) is 5.99. The van der Waals surface area contributed by atoms with Crippen molar-refractivity contribution in [2.75, 3.05) is 6.61 Å². The Morgan fingerprint density at radius 2 is 2.23 bits per heavy atom. The summed E-state index contributed by atoms with van der Waals surface area (Å²) in [6.07, 6.45) is 3.90. The van der Waals surface area contributed by atoms with Crippen molar-refractivity contribution in [2.45, 2.75) is 17.9 Å². The summed E-state index contributed by atoms with van der Waals surface area (Å²) in [6.45, 7) is 1.07. The number of halogens is 1. The molecule has 1 aromatic heterocycles. The molecule has 0 atom stereocenters. The molecule has 0 saturated carbocycles. The molecule has 4 rings (SSSR count). The van der Waals surface area contributed by atoms with Gasteiger partial charge in [0.1, 0.15) is 5.75 Å². The van der Waals surface area contributed by atoms with Gasteiger partial charge in [-0.1, -0.05) is 18.2 Å². The Morgan fingerprint density at radius 3 is 3.00 bits per heavy atom. The molecular formula is C18H14FN3O3S. The highest BCUT2D eigenvalue weighted by Crippen LogP contribution is 2.39. The lowest BCUT2D eigenvalue weighted by molar-refractivity contribution is -0.384. The van der Waals surface area contributed by atoms with E-state index in [-0.39, 0.29) is 17.8 Å². The van der Waals surface area contributed by atoms with Crippen LogP contribution in [0.4, 0.5) is 9.57 Å². The smallest absolute Gasteiger partial charge is 0.270 e. The number of non-ortho nitro benzene ring substituents is 1. The number of rotatable bonds is 5. The van der Waals surface area contributed by atoms with Crippen LogP contribution >= 0.6 is 12.1 Å². The third-order valence-corrected chi connectivity index (χ3v) is 4.64. The number of fused-ring (bicyclic) bond motifs is 1. The van der Waals surface area contributed by atoms with Crippen LogP contribution in [0.15, 0.2) is 53.7 Å². The van der Waals surface area contributed by atoms with Crippen LogP contribution in [0.5, 0.6) is 5.75 Å². The molecule has 8 heteroatoms. The molecular weight excluding hydrogens is 357 g/mol.